The number of hydrogen-bond acceptors (Lipinski definition) is 5. The first-order chi connectivity index (χ1) is 10.5. The Morgan fingerprint density at radius 1 is 1.18 bits per heavy atom. The molecule has 0 radical (unpaired) electrons. The Labute approximate surface area is 131 Å². The van der Waals surface area contributed by atoms with Crippen molar-refractivity contribution in [3.8, 4) is 17.2 Å². The maximum Gasteiger partial charge on any atom is 0.333 e. The van der Waals surface area contributed by atoms with Crippen LogP contribution in [0.3, 0.4) is 0 Å². The zero-order chi connectivity index (χ0) is 16.5. The van der Waals surface area contributed by atoms with Crippen LogP contribution in [-0.4, -0.2) is 31.9 Å². The highest BCUT2D eigenvalue weighted by Gasteiger charge is 2.12. The number of esters is 1. The van der Waals surface area contributed by atoms with E-state index in [0.717, 1.165) is 19.3 Å². The average molecular weight is 308 g/mol. The number of rotatable bonds is 8. The summed E-state index contributed by atoms with van der Waals surface area (Å²) in [7, 11) is 2.91. The van der Waals surface area contributed by atoms with Crippen LogP contribution in [0.15, 0.2) is 17.7 Å². The summed E-state index contributed by atoms with van der Waals surface area (Å²) in [5, 5.41) is 9.86. The fourth-order valence-corrected chi connectivity index (χ4v) is 1.94. The molecule has 122 valence electrons. The zero-order valence-corrected chi connectivity index (χ0v) is 13.6. The molecule has 0 heterocycles. The molecule has 0 spiro atoms. The van der Waals surface area contributed by atoms with Gasteiger partial charge in [-0.3, -0.25) is 0 Å². The maximum atomic E-state index is 11.9. The molecule has 0 aliphatic heterocycles. The van der Waals surface area contributed by atoms with Gasteiger partial charge in [0.05, 0.1) is 20.8 Å². The Morgan fingerprint density at radius 2 is 1.77 bits per heavy atom. The van der Waals surface area contributed by atoms with E-state index in [4.69, 9.17) is 14.2 Å². The lowest BCUT2D eigenvalue weighted by molar-refractivity contribution is -0.139. The molecular formula is C17H24O5. The highest BCUT2D eigenvalue weighted by molar-refractivity contribution is 5.93. The van der Waals surface area contributed by atoms with Gasteiger partial charge in [0.15, 0.2) is 11.5 Å². The monoisotopic (exact) mass is 308 g/mol. The van der Waals surface area contributed by atoms with E-state index in [1.807, 2.05) is 0 Å². The summed E-state index contributed by atoms with van der Waals surface area (Å²) in [4.78, 5) is 11.9. The predicted octanol–water partition coefficient (Wildman–Crippen LogP) is 3.55. The number of phenolic OH excluding ortho intramolecular Hbond substituents is 1. The van der Waals surface area contributed by atoms with Gasteiger partial charge in [0, 0.05) is 5.57 Å². The van der Waals surface area contributed by atoms with Crippen LogP contribution in [0.4, 0.5) is 0 Å². The molecule has 1 N–H and O–H groups in total. The number of unbranched alkanes of at least 4 members (excludes halogenated alkanes) is 2. The van der Waals surface area contributed by atoms with Crippen LogP contribution in [0.25, 0.3) is 6.08 Å². The van der Waals surface area contributed by atoms with E-state index >= 15 is 0 Å². The Balaban J connectivity index is 2.84. The Hall–Kier alpha value is -2.17. The average Bonchev–Trinajstić information content (AvgIpc) is 2.52. The summed E-state index contributed by atoms with van der Waals surface area (Å²) in [5.74, 6) is 0.161. The minimum Gasteiger partial charge on any atom is -0.502 e. The second-order valence-electron chi connectivity index (χ2n) is 4.94. The molecule has 0 unspecified atom stereocenters. The minimum atomic E-state index is -0.345. The number of benzene rings is 1. The smallest absolute Gasteiger partial charge is 0.333 e. The van der Waals surface area contributed by atoms with Gasteiger partial charge in [0.1, 0.15) is 0 Å². The highest BCUT2D eigenvalue weighted by atomic mass is 16.5. The SMILES string of the molecule is CCCCCOC(=O)/C(C)=C/c1cc(OC)c(O)c(OC)c1. The van der Waals surface area contributed by atoms with Crippen molar-refractivity contribution in [1.82, 2.24) is 0 Å². The van der Waals surface area contributed by atoms with Crippen LogP contribution < -0.4 is 9.47 Å². The molecule has 0 aliphatic rings. The van der Waals surface area contributed by atoms with Crippen molar-refractivity contribution < 1.29 is 24.1 Å². The van der Waals surface area contributed by atoms with Crippen molar-refractivity contribution in [3.05, 3.63) is 23.3 Å². The third-order valence-corrected chi connectivity index (χ3v) is 3.19. The van der Waals surface area contributed by atoms with Crippen LogP contribution in [0.2, 0.25) is 0 Å². The van der Waals surface area contributed by atoms with Gasteiger partial charge in [-0.1, -0.05) is 19.8 Å². The van der Waals surface area contributed by atoms with Gasteiger partial charge in [0.25, 0.3) is 0 Å². The third-order valence-electron chi connectivity index (χ3n) is 3.19. The fourth-order valence-electron chi connectivity index (χ4n) is 1.94. The van der Waals surface area contributed by atoms with Crippen LogP contribution in [-0.2, 0) is 9.53 Å². The van der Waals surface area contributed by atoms with E-state index in [9.17, 15) is 9.90 Å². The first kappa shape index (κ1) is 17.9. The van der Waals surface area contributed by atoms with Crippen LogP contribution >= 0.6 is 0 Å². The molecule has 1 rings (SSSR count). The van der Waals surface area contributed by atoms with Gasteiger partial charge in [-0.25, -0.2) is 4.79 Å². The van der Waals surface area contributed by atoms with Crippen LogP contribution in [0, 0.1) is 0 Å². The number of ether oxygens (including phenoxy) is 3. The minimum absolute atomic E-state index is 0.0676. The van der Waals surface area contributed by atoms with E-state index in [1.165, 1.54) is 14.2 Å². The molecule has 0 saturated heterocycles. The molecule has 0 atom stereocenters. The largest absolute Gasteiger partial charge is 0.502 e. The fraction of sp³-hybridized carbons (Fsp3) is 0.471. The quantitative estimate of drug-likeness (QED) is 0.452. The zero-order valence-electron chi connectivity index (χ0n) is 13.6. The normalized spacial score (nSPS) is 11.2. The van der Waals surface area contributed by atoms with E-state index in [1.54, 1.807) is 25.1 Å². The van der Waals surface area contributed by atoms with Crippen molar-refractivity contribution in [2.24, 2.45) is 0 Å². The van der Waals surface area contributed by atoms with Gasteiger partial charge in [-0.2, -0.15) is 0 Å². The third kappa shape index (κ3) is 4.98. The van der Waals surface area contributed by atoms with Crippen molar-refractivity contribution in [3.63, 3.8) is 0 Å². The standard InChI is InChI=1S/C17H24O5/c1-5-6-7-8-22-17(19)12(2)9-13-10-14(20-3)16(18)15(11-13)21-4/h9-11,18H,5-8H2,1-4H3/b12-9+. The first-order valence-corrected chi connectivity index (χ1v) is 7.33. The van der Waals surface area contributed by atoms with Gasteiger partial charge >= 0.3 is 5.97 Å². The molecule has 0 bridgehead atoms. The molecular weight excluding hydrogens is 284 g/mol. The van der Waals surface area contributed by atoms with E-state index in [2.05, 4.69) is 6.92 Å². The molecule has 0 aliphatic carbocycles. The number of carbonyl (C=O) groups excluding carboxylic acids is 1. The summed E-state index contributed by atoms with van der Waals surface area (Å²) in [5.41, 5.74) is 1.17. The molecule has 0 saturated carbocycles. The molecule has 5 heteroatoms. The number of aromatic hydroxyl groups is 1. The molecule has 1 aromatic rings. The number of phenols is 1. The lowest BCUT2D eigenvalue weighted by Crippen LogP contribution is -2.07. The summed E-state index contributed by atoms with van der Waals surface area (Å²) in [6.45, 7) is 4.21. The summed E-state index contributed by atoms with van der Waals surface area (Å²) >= 11 is 0. The molecule has 0 aromatic heterocycles. The van der Waals surface area contributed by atoms with Crippen molar-refractivity contribution in [1.29, 1.82) is 0 Å². The first-order valence-electron chi connectivity index (χ1n) is 7.33. The van der Waals surface area contributed by atoms with Crippen LogP contribution in [0.5, 0.6) is 17.2 Å². The van der Waals surface area contributed by atoms with Gasteiger partial charge in [-0.15, -0.1) is 0 Å². The van der Waals surface area contributed by atoms with Gasteiger partial charge in [0.2, 0.25) is 5.75 Å². The molecule has 22 heavy (non-hydrogen) atoms. The Bertz CT molecular complexity index is 509. The summed E-state index contributed by atoms with van der Waals surface area (Å²) in [6.07, 6.45) is 4.67. The summed E-state index contributed by atoms with van der Waals surface area (Å²) in [6, 6.07) is 3.26. The maximum absolute atomic E-state index is 11.9. The number of methoxy groups -OCH3 is 2. The topological polar surface area (TPSA) is 65.0 Å². The van der Waals surface area contributed by atoms with Crippen molar-refractivity contribution in [2.45, 2.75) is 33.1 Å². The van der Waals surface area contributed by atoms with E-state index in [-0.39, 0.29) is 23.2 Å². The molecule has 1 aromatic carbocycles. The van der Waals surface area contributed by atoms with Crippen LogP contribution in [0.1, 0.15) is 38.7 Å². The predicted molar refractivity (Wildman–Crippen MR) is 85.3 cm³/mol. The van der Waals surface area contributed by atoms with Gasteiger partial charge in [-0.05, 0) is 37.1 Å². The van der Waals surface area contributed by atoms with Gasteiger partial charge < -0.3 is 19.3 Å². The number of carbonyl (C=O) groups is 1. The molecule has 0 fully saturated rings. The highest BCUT2D eigenvalue weighted by Crippen LogP contribution is 2.37. The lowest BCUT2D eigenvalue weighted by Gasteiger charge is -2.10. The second-order valence-corrected chi connectivity index (χ2v) is 4.94. The Kier molecular flexibility index (Phi) is 7.29. The second kappa shape index (κ2) is 8.97. The van der Waals surface area contributed by atoms with Crippen molar-refractivity contribution in [2.75, 3.05) is 20.8 Å². The molecule has 5 nitrogen and oxygen atoms in total. The molecule has 0 amide bonds. The van der Waals surface area contributed by atoms with E-state index in [0.29, 0.717) is 17.7 Å². The number of hydrogen-bond donors (Lipinski definition) is 1. The van der Waals surface area contributed by atoms with Crippen molar-refractivity contribution >= 4 is 12.0 Å². The Morgan fingerprint density at radius 3 is 2.27 bits per heavy atom. The van der Waals surface area contributed by atoms with E-state index < -0.39 is 0 Å². The summed E-state index contributed by atoms with van der Waals surface area (Å²) < 4.78 is 15.4. The lowest BCUT2D eigenvalue weighted by atomic mass is 10.1.